The number of nitrogens with one attached hydrogen (secondary N) is 2. The van der Waals surface area contributed by atoms with Crippen LogP contribution in [-0.2, 0) is 16.1 Å². The lowest BCUT2D eigenvalue weighted by Gasteiger charge is -2.25. The molecule has 9 nitrogen and oxygen atoms in total. The minimum atomic E-state index is -0.895. The van der Waals surface area contributed by atoms with Crippen molar-refractivity contribution >= 4 is 29.3 Å². The molecule has 1 aliphatic heterocycles. The van der Waals surface area contributed by atoms with Gasteiger partial charge in [0, 0.05) is 29.6 Å². The van der Waals surface area contributed by atoms with Gasteiger partial charge in [0.05, 0.1) is 13.5 Å². The molecule has 0 fully saturated rings. The molecule has 0 aliphatic carbocycles. The molecule has 0 saturated heterocycles. The topological polar surface area (TPSA) is 119 Å². The van der Waals surface area contributed by atoms with E-state index in [9.17, 15) is 14.7 Å². The van der Waals surface area contributed by atoms with E-state index < -0.39 is 18.1 Å². The molecular formula is C28H31N3O6S. The zero-order valence-electron chi connectivity index (χ0n) is 21.3. The zero-order chi connectivity index (χ0) is 26.9. The van der Waals surface area contributed by atoms with E-state index in [-0.39, 0.29) is 18.9 Å². The average Bonchev–Trinajstić information content (AvgIpc) is 2.93. The Balaban J connectivity index is 1.57. The molecule has 1 aromatic heterocycles. The monoisotopic (exact) mass is 537 g/mol. The van der Waals surface area contributed by atoms with Crippen molar-refractivity contribution in [3.05, 3.63) is 66.4 Å². The number of hydrogen-bond donors (Lipinski definition) is 3. The molecule has 38 heavy (non-hydrogen) atoms. The maximum Gasteiger partial charge on any atom is 0.320 e. The van der Waals surface area contributed by atoms with E-state index in [4.69, 9.17) is 14.2 Å². The van der Waals surface area contributed by atoms with E-state index in [1.165, 1.54) is 0 Å². The summed E-state index contributed by atoms with van der Waals surface area (Å²) in [7, 11) is 1.59. The molecule has 0 radical (unpaired) electrons. The Morgan fingerprint density at radius 2 is 2.03 bits per heavy atom. The quantitative estimate of drug-likeness (QED) is 0.312. The Morgan fingerprint density at radius 3 is 2.82 bits per heavy atom. The van der Waals surface area contributed by atoms with Gasteiger partial charge in [0.1, 0.15) is 24.5 Å². The molecule has 0 saturated carbocycles. The Morgan fingerprint density at radius 1 is 1.18 bits per heavy atom. The second-order valence-corrected chi connectivity index (χ2v) is 9.69. The number of carboxylic acids is 1. The maximum absolute atomic E-state index is 13.1. The molecule has 2 heterocycles. The Bertz CT molecular complexity index is 1270. The van der Waals surface area contributed by atoms with Crippen molar-refractivity contribution in [3.8, 4) is 28.5 Å². The van der Waals surface area contributed by atoms with Crippen molar-refractivity contribution < 1.29 is 28.9 Å². The van der Waals surface area contributed by atoms with Gasteiger partial charge in [-0.2, -0.15) is 11.8 Å². The number of anilines is 1. The van der Waals surface area contributed by atoms with Crippen LogP contribution in [0.5, 0.6) is 17.4 Å². The zero-order valence-corrected chi connectivity index (χ0v) is 22.1. The summed E-state index contributed by atoms with van der Waals surface area (Å²) in [6, 6.07) is 15.9. The number of aliphatic carboxylic acids is 1. The molecule has 2 aromatic carbocycles. The minimum absolute atomic E-state index is 0.0813. The van der Waals surface area contributed by atoms with Crippen molar-refractivity contribution in [3.63, 3.8) is 0 Å². The van der Waals surface area contributed by atoms with Crippen LogP contribution in [0.2, 0.25) is 0 Å². The molecule has 1 aliphatic rings. The fraction of sp³-hybridized carbons (Fsp3) is 0.321. The Hall–Kier alpha value is -3.76. The van der Waals surface area contributed by atoms with Gasteiger partial charge in [-0.25, -0.2) is 4.98 Å². The van der Waals surface area contributed by atoms with Gasteiger partial charge in [0.2, 0.25) is 5.91 Å². The lowest BCUT2D eigenvalue weighted by atomic mass is 9.96. The highest BCUT2D eigenvalue weighted by molar-refractivity contribution is 7.98. The molecular weight excluding hydrogens is 506 g/mol. The van der Waals surface area contributed by atoms with Crippen LogP contribution in [-0.4, -0.2) is 59.8 Å². The summed E-state index contributed by atoms with van der Waals surface area (Å²) >= 11 is 1.60. The highest BCUT2D eigenvalue weighted by Gasteiger charge is 2.25. The summed E-state index contributed by atoms with van der Waals surface area (Å²) in [5, 5.41) is 15.9. The lowest BCUT2D eigenvalue weighted by Crippen LogP contribution is -2.36. The highest BCUT2D eigenvalue weighted by Crippen LogP contribution is 2.38. The van der Waals surface area contributed by atoms with Crippen molar-refractivity contribution in [2.24, 2.45) is 0 Å². The third kappa shape index (κ3) is 6.76. The normalized spacial score (nSPS) is 14.9. The van der Waals surface area contributed by atoms with Gasteiger partial charge in [0.25, 0.3) is 5.88 Å². The molecule has 0 bridgehead atoms. The summed E-state index contributed by atoms with van der Waals surface area (Å²) in [5.41, 5.74) is 2.97. The molecule has 3 aromatic rings. The molecule has 200 valence electrons. The largest absolute Gasteiger partial charge is 0.496 e. The van der Waals surface area contributed by atoms with Crippen LogP contribution in [0.1, 0.15) is 18.4 Å². The van der Waals surface area contributed by atoms with Crippen LogP contribution < -0.4 is 24.8 Å². The number of fused-ring (bicyclic) bond motifs is 1. The van der Waals surface area contributed by atoms with Gasteiger partial charge >= 0.3 is 5.97 Å². The first-order chi connectivity index (χ1) is 18.5. The number of carbonyl (C=O) groups is 2. The Labute approximate surface area is 225 Å². The fourth-order valence-corrected chi connectivity index (χ4v) is 4.74. The van der Waals surface area contributed by atoms with Crippen molar-refractivity contribution in [1.82, 2.24) is 10.3 Å². The summed E-state index contributed by atoms with van der Waals surface area (Å²) in [6.07, 6.45) is 3.69. The van der Waals surface area contributed by atoms with E-state index in [2.05, 4.69) is 15.6 Å². The number of pyridine rings is 1. The first-order valence-electron chi connectivity index (χ1n) is 12.2. The minimum Gasteiger partial charge on any atom is -0.496 e. The van der Waals surface area contributed by atoms with Crippen molar-refractivity contribution in [1.29, 1.82) is 0 Å². The van der Waals surface area contributed by atoms with Crippen LogP contribution >= 0.6 is 11.8 Å². The molecule has 0 unspecified atom stereocenters. The number of carbonyl (C=O) groups excluding carboxylic acids is 1. The van der Waals surface area contributed by atoms with Gasteiger partial charge in [-0.3, -0.25) is 9.59 Å². The van der Waals surface area contributed by atoms with Gasteiger partial charge in [-0.05, 0) is 48.3 Å². The SMILES string of the molecule is COc1ccccc1-c1c(CN[C@@H](CCSC)C(=O)O)cccc1NC(=O)C[C@@H]1COc2ncccc2O1. The third-order valence-corrected chi connectivity index (χ3v) is 6.74. The van der Waals surface area contributed by atoms with E-state index in [0.717, 1.165) is 22.4 Å². The summed E-state index contributed by atoms with van der Waals surface area (Å²) in [6.45, 7) is 0.513. The number of aromatic nitrogens is 1. The number of hydrogen-bond acceptors (Lipinski definition) is 8. The molecule has 1 amide bonds. The molecule has 10 heteroatoms. The van der Waals surface area contributed by atoms with Gasteiger partial charge in [-0.15, -0.1) is 0 Å². The average molecular weight is 538 g/mol. The van der Waals surface area contributed by atoms with Crippen molar-refractivity contribution in [2.75, 3.05) is 31.0 Å². The first-order valence-corrected chi connectivity index (χ1v) is 13.6. The highest BCUT2D eigenvalue weighted by atomic mass is 32.2. The molecule has 2 atom stereocenters. The van der Waals surface area contributed by atoms with Gasteiger partial charge in [-0.1, -0.05) is 30.3 Å². The number of benzene rings is 2. The third-order valence-electron chi connectivity index (χ3n) is 6.10. The second-order valence-electron chi connectivity index (χ2n) is 8.70. The predicted molar refractivity (Wildman–Crippen MR) is 147 cm³/mol. The maximum atomic E-state index is 13.1. The van der Waals surface area contributed by atoms with Crippen LogP contribution in [0.15, 0.2) is 60.8 Å². The fourth-order valence-electron chi connectivity index (χ4n) is 4.27. The van der Waals surface area contributed by atoms with E-state index in [0.29, 0.717) is 36.0 Å². The standard InChI is InChI=1S/C28H31N3O6S/c1-35-23-10-4-3-8-20(23)26-18(16-30-22(28(33)34)12-14-38-2)7-5-9-21(26)31-25(32)15-19-17-36-27-24(37-19)11-6-13-29-27/h3-11,13,19,22,30H,12,14-17H2,1-2H3,(H,31,32)(H,33,34)/t19-,22+/m1/s1. The molecule has 3 N–H and O–H groups in total. The molecule has 0 spiro atoms. The van der Waals surface area contributed by atoms with E-state index in [1.807, 2.05) is 48.7 Å². The van der Waals surface area contributed by atoms with Gasteiger partial charge < -0.3 is 30.0 Å². The smallest absolute Gasteiger partial charge is 0.320 e. The van der Waals surface area contributed by atoms with Crippen LogP contribution in [0.25, 0.3) is 11.1 Å². The summed E-state index contributed by atoms with van der Waals surface area (Å²) in [5.74, 6) is 1.16. The number of para-hydroxylation sites is 1. The lowest BCUT2D eigenvalue weighted by molar-refractivity contribution is -0.139. The predicted octanol–water partition coefficient (Wildman–Crippen LogP) is 4.22. The number of nitrogens with zero attached hydrogens (tertiary/aromatic N) is 1. The van der Waals surface area contributed by atoms with E-state index in [1.54, 1.807) is 37.2 Å². The van der Waals surface area contributed by atoms with Crippen LogP contribution in [0.3, 0.4) is 0 Å². The number of amides is 1. The molecule has 4 rings (SSSR count). The number of methoxy groups -OCH3 is 1. The second kappa shape index (κ2) is 13.2. The van der Waals surface area contributed by atoms with E-state index >= 15 is 0 Å². The summed E-state index contributed by atoms with van der Waals surface area (Å²) < 4.78 is 17.2. The van der Waals surface area contributed by atoms with Crippen LogP contribution in [0, 0.1) is 0 Å². The number of thioether (sulfide) groups is 1. The number of rotatable bonds is 12. The number of carboxylic acid groups (broad SMARTS) is 1. The van der Waals surface area contributed by atoms with Crippen molar-refractivity contribution in [2.45, 2.75) is 31.5 Å². The number of ether oxygens (including phenoxy) is 3. The van der Waals surface area contributed by atoms with Gasteiger partial charge in [0.15, 0.2) is 5.75 Å². The first kappa shape index (κ1) is 27.3. The van der Waals surface area contributed by atoms with Crippen LogP contribution in [0.4, 0.5) is 5.69 Å². The Kier molecular flexibility index (Phi) is 9.45. The summed E-state index contributed by atoms with van der Waals surface area (Å²) in [4.78, 5) is 29.0.